The minimum Gasteiger partial charge on any atom is -0.496 e. The SMILES string of the molecule is COc1c(C)cc(S(=O)(=O)NCCCCN)cc1C.Cl. The molecule has 0 unspecified atom stereocenters. The van der Waals surface area contributed by atoms with Crippen molar-refractivity contribution in [1.82, 2.24) is 4.72 Å². The molecule has 20 heavy (non-hydrogen) atoms. The van der Waals surface area contributed by atoms with E-state index in [1.807, 2.05) is 13.8 Å². The lowest BCUT2D eigenvalue weighted by Gasteiger charge is -2.12. The maximum absolute atomic E-state index is 12.1. The van der Waals surface area contributed by atoms with Gasteiger partial charge in [-0.25, -0.2) is 13.1 Å². The van der Waals surface area contributed by atoms with E-state index in [1.54, 1.807) is 19.2 Å². The summed E-state index contributed by atoms with van der Waals surface area (Å²) in [6, 6.07) is 3.24. The summed E-state index contributed by atoms with van der Waals surface area (Å²) in [5.41, 5.74) is 6.99. The highest BCUT2D eigenvalue weighted by atomic mass is 35.5. The number of unbranched alkanes of at least 4 members (excludes halogenated alkanes) is 1. The van der Waals surface area contributed by atoms with Crippen molar-refractivity contribution in [3.63, 3.8) is 0 Å². The van der Waals surface area contributed by atoms with E-state index < -0.39 is 10.0 Å². The van der Waals surface area contributed by atoms with E-state index in [0.29, 0.717) is 13.1 Å². The first-order valence-corrected chi connectivity index (χ1v) is 7.75. The molecule has 0 spiro atoms. The number of nitrogens with two attached hydrogens (primary N) is 1. The molecule has 1 aromatic carbocycles. The lowest BCUT2D eigenvalue weighted by Crippen LogP contribution is -2.25. The fraction of sp³-hybridized carbons (Fsp3) is 0.538. The van der Waals surface area contributed by atoms with Gasteiger partial charge in [0.2, 0.25) is 10.0 Å². The molecule has 5 nitrogen and oxygen atoms in total. The highest BCUT2D eigenvalue weighted by molar-refractivity contribution is 7.89. The van der Waals surface area contributed by atoms with Crippen LogP contribution in [0.4, 0.5) is 0 Å². The van der Waals surface area contributed by atoms with E-state index in [9.17, 15) is 8.42 Å². The van der Waals surface area contributed by atoms with Crippen molar-refractivity contribution >= 4 is 22.4 Å². The Hall–Kier alpha value is -0.820. The van der Waals surface area contributed by atoms with Gasteiger partial charge in [0.1, 0.15) is 5.75 Å². The highest BCUT2D eigenvalue weighted by Gasteiger charge is 2.16. The van der Waals surface area contributed by atoms with Gasteiger partial charge in [0.15, 0.2) is 0 Å². The van der Waals surface area contributed by atoms with Crippen LogP contribution in [0.15, 0.2) is 17.0 Å². The van der Waals surface area contributed by atoms with Crippen LogP contribution in [0.25, 0.3) is 0 Å². The summed E-state index contributed by atoms with van der Waals surface area (Å²) in [5, 5.41) is 0. The third-order valence-corrected chi connectivity index (χ3v) is 4.31. The number of halogens is 1. The average Bonchev–Trinajstić information content (AvgIpc) is 2.34. The largest absolute Gasteiger partial charge is 0.496 e. The molecule has 0 amide bonds. The molecule has 0 radical (unpaired) electrons. The first-order chi connectivity index (χ1) is 8.92. The Morgan fingerprint density at radius 1 is 1.20 bits per heavy atom. The van der Waals surface area contributed by atoms with Gasteiger partial charge in [-0.1, -0.05) is 0 Å². The number of sulfonamides is 1. The zero-order chi connectivity index (χ0) is 14.5. The third-order valence-electron chi connectivity index (χ3n) is 2.87. The number of hydrogen-bond acceptors (Lipinski definition) is 4. The van der Waals surface area contributed by atoms with Crippen molar-refractivity contribution in [3.8, 4) is 5.75 Å². The molecule has 1 rings (SSSR count). The topological polar surface area (TPSA) is 81.4 Å². The Kier molecular flexibility index (Phi) is 8.12. The molecule has 0 saturated heterocycles. The van der Waals surface area contributed by atoms with Crippen LogP contribution in [0, 0.1) is 13.8 Å². The van der Waals surface area contributed by atoms with E-state index in [0.717, 1.165) is 29.7 Å². The molecule has 0 bridgehead atoms. The summed E-state index contributed by atoms with van der Waals surface area (Å²) in [5.74, 6) is 0.724. The summed E-state index contributed by atoms with van der Waals surface area (Å²) >= 11 is 0. The van der Waals surface area contributed by atoms with Crippen molar-refractivity contribution in [2.75, 3.05) is 20.2 Å². The van der Waals surface area contributed by atoms with Crippen molar-refractivity contribution in [1.29, 1.82) is 0 Å². The smallest absolute Gasteiger partial charge is 0.240 e. The van der Waals surface area contributed by atoms with E-state index in [2.05, 4.69) is 4.72 Å². The van der Waals surface area contributed by atoms with Gasteiger partial charge in [0.05, 0.1) is 12.0 Å². The molecule has 1 aromatic rings. The molecular weight excluding hydrogens is 300 g/mol. The van der Waals surface area contributed by atoms with Crippen LogP contribution in [-0.2, 0) is 10.0 Å². The normalized spacial score (nSPS) is 11.0. The van der Waals surface area contributed by atoms with Crippen LogP contribution in [0.3, 0.4) is 0 Å². The Balaban J connectivity index is 0.00000361. The number of benzene rings is 1. The number of rotatable bonds is 7. The molecule has 0 aliphatic heterocycles. The monoisotopic (exact) mass is 322 g/mol. The second-order valence-corrected chi connectivity index (χ2v) is 6.25. The predicted octanol–water partition coefficient (Wildman–Crippen LogP) is 1.75. The molecule has 0 aromatic heterocycles. The standard InChI is InChI=1S/C13H22N2O3S.ClH/c1-10-8-12(9-11(2)13(10)18-3)19(16,17)15-7-5-4-6-14;/h8-9,15H,4-7,14H2,1-3H3;1H. The summed E-state index contributed by atoms with van der Waals surface area (Å²) in [6.07, 6.45) is 1.55. The maximum Gasteiger partial charge on any atom is 0.240 e. The van der Waals surface area contributed by atoms with Crippen LogP contribution in [-0.4, -0.2) is 28.6 Å². The summed E-state index contributed by atoms with van der Waals surface area (Å²) in [6.45, 7) is 4.64. The molecule has 0 atom stereocenters. The zero-order valence-corrected chi connectivity index (χ0v) is 13.7. The van der Waals surface area contributed by atoms with Gasteiger partial charge < -0.3 is 10.5 Å². The van der Waals surface area contributed by atoms with Crippen LogP contribution >= 0.6 is 12.4 Å². The number of hydrogen-bond donors (Lipinski definition) is 2. The fourth-order valence-corrected chi connectivity index (χ4v) is 3.19. The van der Waals surface area contributed by atoms with Gasteiger partial charge in [0, 0.05) is 6.54 Å². The quantitative estimate of drug-likeness (QED) is 0.749. The van der Waals surface area contributed by atoms with Gasteiger partial charge in [-0.2, -0.15) is 0 Å². The van der Waals surface area contributed by atoms with E-state index in [-0.39, 0.29) is 17.3 Å². The Morgan fingerprint density at radius 2 is 1.75 bits per heavy atom. The highest BCUT2D eigenvalue weighted by Crippen LogP contribution is 2.26. The number of methoxy groups -OCH3 is 1. The molecular formula is C13H23ClN2O3S. The molecule has 3 N–H and O–H groups in total. The van der Waals surface area contributed by atoms with E-state index in [1.165, 1.54) is 0 Å². The van der Waals surface area contributed by atoms with Crippen LogP contribution < -0.4 is 15.2 Å². The first kappa shape index (κ1) is 19.2. The Bertz CT molecular complexity index is 509. The number of ether oxygens (including phenoxy) is 1. The minimum absolute atomic E-state index is 0. The first-order valence-electron chi connectivity index (χ1n) is 6.27. The minimum atomic E-state index is -3.46. The Morgan fingerprint density at radius 3 is 2.20 bits per heavy atom. The maximum atomic E-state index is 12.1. The number of aryl methyl sites for hydroxylation is 2. The van der Waals surface area contributed by atoms with Crippen molar-refractivity contribution < 1.29 is 13.2 Å². The van der Waals surface area contributed by atoms with Crippen LogP contribution in [0.2, 0.25) is 0 Å². The van der Waals surface area contributed by atoms with Gasteiger partial charge in [0.25, 0.3) is 0 Å². The summed E-state index contributed by atoms with van der Waals surface area (Å²) in [7, 11) is -1.88. The third kappa shape index (κ3) is 4.94. The van der Waals surface area contributed by atoms with Gasteiger partial charge in [-0.3, -0.25) is 0 Å². The molecule has 0 heterocycles. The van der Waals surface area contributed by atoms with Gasteiger partial charge in [-0.15, -0.1) is 12.4 Å². The molecule has 0 saturated carbocycles. The number of nitrogens with one attached hydrogen (secondary N) is 1. The van der Waals surface area contributed by atoms with E-state index in [4.69, 9.17) is 10.5 Å². The second kappa shape index (κ2) is 8.46. The molecule has 0 aliphatic rings. The predicted molar refractivity (Wildman–Crippen MR) is 83.2 cm³/mol. The van der Waals surface area contributed by atoms with Crippen LogP contribution in [0.1, 0.15) is 24.0 Å². The van der Waals surface area contributed by atoms with Gasteiger partial charge >= 0.3 is 0 Å². The average molecular weight is 323 g/mol. The summed E-state index contributed by atoms with van der Waals surface area (Å²) in [4.78, 5) is 0.274. The van der Waals surface area contributed by atoms with Crippen molar-refractivity contribution in [2.24, 2.45) is 5.73 Å². The fourth-order valence-electron chi connectivity index (χ4n) is 1.95. The van der Waals surface area contributed by atoms with Crippen molar-refractivity contribution in [3.05, 3.63) is 23.3 Å². The molecule has 0 fully saturated rings. The molecule has 7 heteroatoms. The molecule has 0 aliphatic carbocycles. The summed E-state index contributed by atoms with van der Waals surface area (Å²) < 4.78 is 32.0. The second-order valence-electron chi connectivity index (χ2n) is 4.48. The van der Waals surface area contributed by atoms with E-state index >= 15 is 0 Å². The van der Waals surface area contributed by atoms with Crippen LogP contribution in [0.5, 0.6) is 5.75 Å². The molecule has 116 valence electrons. The lowest BCUT2D eigenvalue weighted by molar-refractivity contribution is 0.408. The van der Waals surface area contributed by atoms with Crippen molar-refractivity contribution in [2.45, 2.75) is 31.6 Å². The van der Waals surface area contributed by atoms with Gasteiger partial charge in [-0.05, 0) is 56.5 Å². The Labute approximate surface area is 127 Å². The lowest BCUT2D eigenvalue weighted by atomic mass is 10.1. The zero-order valence-electron chi connectivity index (χ0n) is 12.1.